The molecular weight excluding hydrogens is 384 g/mol. The van der Waals surface area contributed by atoms with Crippen molar-refractivity contribution in [2.45, 2.75) is 6.54 Å². The van der Waals surface area contributed by atoms with Gasteiger partial charge in [0.15, 0.2) is 15.5 Å². The highest BCUT2D eigenvalue weighted by Gasteiger charge is 2.25. The van der Waals surface area contributed by atoms with Crippen LogP contribution in [-0.4, -0.2) is 22.4 Å². The quantitative estimate of drug-likeness (QED) is 0.687. The summed E-state index contributed by atoms with van der Waals surface area (Å²) in [5.74, 6) is 0.973. The number of hydrogen-bond donors (Lipinski definition) is 1. The maximum Gasteiger partial charge on any atom is 0.279 e. The number of rotatable bonds is 3. The molecule has 6 nitrogen and oxygen atoms in total. The fourth-order valence-corrected chi connectivity index (χ4v) is 4.54. The lowest BCUT2D eigenvalue weighted by molar-refractivity contribution is -0.112. The largest absolute Gasteiger partial charge is 0.493 e. The highest BCUT2D eigenvalue weighted by molar-refractivity contribution is 7.73. The summed E-state index contributed by atoms with van der Waals surface area (Å²) in [5.41, 5.74) is 1.30. The van der Waals surface area contributed by atoms with Crippen LogP contribution < -0.4 is 20.0 Å². The van der Waals surface area contributed by atoms with Crippen LogP contribution in [0.1, 0.15) is 10.4 Å². The van der Waals surface area contributed by atoms with Gasteiger partial charge >= 0.3 is 0 Å². The molecule has 5 rings (SSSR count). The molecule has 2 aliphatic heterocycles. The molecule has 3 heterocycles. The van der Waals surface area contributed by atoms with Gasteiger partial charge in [-0.3, -0.25) is 9.36 Å². The first-order valence-electron chi connectivity index (χ1n) is 8.16. The van der Waals surface area contributed by atoms with E-state index < -0.39 is 0 Å². The third-order valence-electron chi connectivity index (χ3n) is 4.48. The van der Waals surface area contributed by atoms with Gasteiger partial charge in [0.05, 0.1) is 17.5 Å². The third-order valence-corrected chi connectivity index (χ3v) is 5.94. The van der Waals surface area contributed by atoms with Gasteiger partial charge in [-0.2, -0.15) is 0 Å². The van der Waals surface area contributed by atoms with Crippen molar-refractivity contribution in [1.29, 1.82) is 0 Å². The van der Waals surface area contributed by atoms with Gasteiger partial charge in [0, 0.05) is 5.22 Å². The van der Waals surface area contributed by atoms with E-state index >= 15 is 0 Å². The Balaban J connectivity index is 1.60. The van der Waals surface area contributed by atoms with Crippen molar-refractivity contribution < 1.29 is 19.4 Å². The molecule has 27 heavy (non-hydrogen) atoms. The fraction of sp³-hybridized carbons (Fsp3) is 0.105. The van der Waals surface area contributed by atoms with Gasteiger partial charge in [-0.05, 0) is 36.0 Å². The molecule has 0 aliphatic carbocycles. The maximum atomic E-state index is 12.4. The minimum absolute atomic E-state index is 0.0297. The average molecular weight is 396 g/mol. The summed E-state index contributed by atoms with van der Waals surface area (Å²) >= 11 is 6.65. The van der Waals surface area contributed by atoms with Crippen molar-refractivity contribution in [3.63, 3.8) is 0 Å². The molecule has 1 aromatic heterocycles. The number of aromatic nitrogens is 1. The number of carbonyl (C=O) groups excluding carboxylic acids is 1. The second-order valence-corrected chi connectivity index (χ2v) is 7.75. The van der Waals surface area contributed by atoms with Crippen molar-refractivity contribution in [3.05, 3.63) is 67.4 Å². The second-order valence-electron chi connectivity index (χ2n) is 6.10. The Labute approximate surface area is 162 Å². The Hall–Kier alpha value is -2.97. The second kappa shape index (κ2) is 6.04. The Morgan fingerprint density at radius 1 is 1.19 bits per heavy atom. The van der Waals surface area contributed by atoms with Gasteiger partial charge < -0.3 is 14.6 Å². The summed E-state index contributed by atoms with van der Waals surface area (Å²) in [6, 6.07) is 12.8. The summed E-state index contributed by atoms with van der Waals surface area (Å²) in [7, 11) is 0. The van der Waals surface area contributed by atoms with Crippen LogP contribution in [0.2, 0.25) is 0 Å². The molecule has 0 unspecified atom stereocenters. The number of thiazole rings is 1. The Morgan fingerprint density at radius 2 is 2.00 bits per heavy atom. The highest BCUT2D eigenvalue weighted by atomic mass is 32.1. The van der Waals surface area contributed by atoms with Crippen LogP contribution in [0, 0.1) is 3.95 Å². The predicted octanol–water partition coefficient (Wildman–Crippen LogP) is 2.12. The molecular formula is C19H12N2O4S2. The summed E-state index contributed by atoms with van der Waals surface area (Å²) in [5, 5.41) is 12.1. The number of fused-ring (bicyclic) bond motifs is 2. The number of benzene rings is 2. The summed E-state index contributed by atoms with van der Waals surface area (Å²) in [6.07, 6.45) is 0. The molecule has 1 N–H and O–H groups in total. The van der Waals surface area contributed by atoms with Crippen LogP contribution in [0.5, 0.6) is 17.4 Å². The summed E-state index contributed by atoms with van der Waals surface area (Å²) in [4.78, 5) is 16.9. The Kier molecular flexibility index (Phi) is 3.63. The van der Waals surface area contributed by atoms with Crippen molar-refractivity contribution in [1.82, 2.24) is 4.57 Å². The lowest BCUT2D eigenvalue weighted by Crippen LogP contribution is -2.22. The lowest BCUT2D eigenvalue weighted by Gasteiger charge is -2.07. The number of para-hydroxylation sites is 1. The minimum Gasteiger partial charge on any atom is -0.493 e. The van der Waals surface area contributed by atoms with Crippen LogP contribution >= 0.6 is 23.6 Å². The van der Waals surface area contributed by atoms with Crippen LogP contribution in [0.15, 0.2) is 47.5 Å². The first-order chi connectivity index (χ1) is 13.1. The van der Waals surface area contributed by atoms with Crippen LogP contribution in [-0.2, 0) is 11.3 Å². The molecule has 2 aliphatic rings. The molecule has 0 radical (unpaired) electrons. The van der Waals surface area contributed by atoms with Gasteiger partial charge in [-0.25, -0.2) is 4.99 Å². The van der Waals surface area contributed by atoms with E-state index in [4.69, 9.17) is 21.7 Å². The zero-order valence-corrected chi connectivity index (χ0v) is 15.5. The molecule has 2 aromatic carbocycles. The average Bonchev–Trinajstić information content (AvgIpc) is 3.32. The molecule has 0 saturated heterocycles. The van der Waals surface area contributed by atoms with Gasteiger partial charge in [0.25, 0.3) is 5.91 Å². The standard InChI is InChI=1S/C19H12N2O4S2/c22-17-15(11-3-1-2-4-12(11)20-17)16-18(23)21(19(26)27-16)8-10-5-6-13-14(7-10)25-9-24-13/h1-7,23H,8-9H2. The monoisotopic (exact) mass is 396 g/mol. The van der Waals surface area contributed by atoms with Gasteiger partial charge in [-0.1, -0.05) is 24.3 Å². The Morgan fingerprint density at radius 3 is 2.89 bits per heavy atom. The predicted molar refractivity (Wildman–Crippen MR) is 101 cm³/mol. The number of aromatic hydroxyl groups is 1. The van der Waals surface area contributed by atoms with E-state index in [1.54, 1.807) is 10.6 Å². The topological polar surface area (TPSA) is 73.1 Å². The normalized spacial score (nSPS) is 14.4. The Bertz CT molecular complexity index is 1290. The molecule has 0 fully saturated rings. The van der Waals surface area contributed by atoms with E-state index in [1.165, 1.54) is 11.3 Å². The number of ether oxygens (including phenoxy) is 2. The zero-order valence-electron chi connectivity index (χ0n) is 13.8. The molecule has 0 spiro atoms. The minimum atomic E-state index is -0.363. The molecule has 0 bridgehead atoms. The van der Waals surface area contributed by atoms with E-state index in [0.717, 1.165) is 5.56 Å². The fourth-order valence-electron chi connectivity index (χ4n) is 3.20. The van der Waals surface area contributed by atoms with Crippen molar-refractivity contribution >= 4 is 35.0 Å². The first kappa shape index (κ1) is 16.2. The van der Waals surface area contributed by atoms with E-state index in [-0.39, 0.29) is 18.6 Å². The van der Waals surface area contributed by atoms with E-state index in [1.807, 2.05) is 36.4 Å². The summed E-state index contributed by atoms with van der Waals surface area (Å²) < 4.78 is 12.8. The number of amides is 1. The smallest absolute Gasteiger partial charge is 0.279 e. The molecule has 3 aromatic rings. The number of hydrogen-bond acceptors (Lipinski definition) is 6. The first-order valence-corrected chi connectivity index (χ1v) is 9.38. The van der Waals surface area contributed by atoms with Gasteiger partial charge in [-0.15, -0.1) is 11.3 Å². The van der Waals surface area contributed by atoms with Crippen LogP contribution in [0.25, 0.3) is 5.57 Å². The van der Waals surface area contributed by atoms with Crippen molar-refractivity contribution in [2.24, 2.45) is 4.99 Å². The zero-order chi connectivity index (χ0) is 18.5. The van der Waals surface area contributed by atoms with Crippen molar-refractivity contribution in [2.75, 3.05) is 6.79 Å². The highest BCUT2D eigenvalue weighted by Crippen LogP contribution is 2.35. The van der Waals surface area contributed by atoms with Gasteiger partial charge in [0.2, 0.25) is 12.7 Å². The van der Waals surface area contributed by atoms with Crippen LogP contribution in [0.3, 0.4) is 0 Å². The lowest BCUT2D eigenvalue weighted by atomic mass is 10.1. The maximum absolute atomic E-state index is 12.4. The van der Waals surface area contributed by atoms with Crippen molar-refractivity contribution in [3.8, 4) is 17.4 Å². The van der Waals surface area contributed by atoms with Crippen LogP contribution in [0.4, 0.5) is 0 Å². The van der Waals surface area contributed by atoms with E-state index in [9.17, 15) is 9.90 Å². The molecule has 1 amide bonds. The molecule has 134 valence electrons. The number of nitrogens with zero attached hydrogens (tertiary/aromatic N) is 2. The molecule has 0 atom stereocenters. The van der Waals surface area contributed by atoms with E-state index in [0.29, 0.717) is 43.0 Å². The SMILES string of the molecule is O=C1N=c2ccccc2=C1c1sc(=S)n(Cc2ccc3c(c2)OCO3)c1O. The number of carbonyl (C=O) groups is 1. The van der Waals surface area contributed by atoms with E-state index in [2.05, 4.69) is 4.99 Å². The van der Waals surface area contributed by atoms with Gasteiger partial charge in [0.1, 0.15) is 4.88 Å². The summed E-state index contributed by atoms with van der Waals surface area (Å²) in [6.45, 7) is 0.563. The molecule has 8 heteroatoms. The third kappa shape index (κ3) is 2.56. The molecule has 0 saturated carbocycles.